The Morgan fingerprint density at radius 1 is 1.43 bits per heavy atom. The fourth-order valence-electron chi connectivity index (χ4n) is 2.02. The molecule has 1 unspecified atom stereocenters. The Morgan fingerprint density at radius 3 is 2.71 bits per heavy atom. The molecule has 0 spiro atoms. The van der Waals surface area contributed by atoms with Gasteiger partial charge in [-0.1, -0.05) is 13.8 Å². The van der Waals surface area contributed by atoms with E-state index in [2.05, 4.69) is 39.6 Å². The Bertz CT molecular complexity index is 429. The lowest BCUT2D eigenvalue weighted by atomic mass is 10.0. The van der Waals surface area contributed by atoms with Crippen molar-refractivity contribution in [3.63, 3.8) is 0 Å². The van der Waals surface area contributed by atoms with Gasteiger partial charge in [0.25, 0.3) is 0 Å². The van der Waals surface area contributed by atoms with Crippen molar-refractivity contribution in [1.82, 2.24) is 25.4 Å². The lowest BCUT2D eigenvalue weighted by Gasteiger charge is -2.21. The van der Waals surface area contributed by atoms with Gasteiger partial charge in [0.2, 0.25) is 0 Å². The van der Waals surface area contributed by atoms with Crippen LogP contribution in [-0.4, -0.2) is 47.0 Å². The number of aryl methyl sites for hydroxylation is 1. The molecule has 0 aliphatic carbocycles. The van der Waals surface area contributed by atoms with Gasteiger partial charge in [0.15, 0.2) is 5.96 Å². The lowest BCUT2D eigenvalue weighted by molar-refractivity contribution is 0.0258. The minimum atomic E-state index is 0.277. The van der Waals surface area contributed by atoms with Crippen LogP contribution in [0.4, 0.5) is 0 Å². The number of ether oxygens (including phenoxy) is 1. The second kappa shape index (κ2) is 9.33. The number of hydrogen-bond donors (Lipinski definition) is 2. The average molecular weight is 296 g/mol. The highest BCUT2D eigenvalue weighted by Gasteiger charge is 2.13. The summed E-state index contributed by atoms with van der Waals surface area (Å²) >= 11 is 0. The highest BCUT2D eigenvalue weighted by atomic mass is 16.5. The van der Waals surface area contributed by atoms with Gasteiger partial charge < -0.3 is 15.4 Å². The molecule has 0 saturated carbocycles. The van der Waals surface area contributed by atoms with Gasteiger partial charge in [-0.15, -0.1) is 0 Å². The maximum absolute atomic E-state index is 5.73. The molecule has 0 saturated heterocycles. The molecule has 1 aromatic rings. The number of nitrogens with one attached hydrogen (secondary N) is 2. The number of nitrogens with zero attached hydrogens (tertiary/aromatic N) is 4. The first-order valence-electron chi connectivity index (χ1n) is 7.47. The van der Waals surface area contributed by atoms with Crippen LogP contribution in [0.15, 0.2) is 11.3 Å². The fourth-order valence-corrected chi connectivity index (χ4v) is 2.02. The molecule has 0 aromatic carbocycles. The molecule has 120 valence electrons. The molecule has 1 aromatic heterocycles. The highest BCUT2D eigenvalue weighted by molar-refractivity contribution is 5.79. The smallest absolute Gasteiger partial charge is 0.191 e. The fraction of sp³-hybridized carbons (Fsp3) is 0.786. The molecule has 7 nitrogen and oxygen atoms in total. The summed E-state index contributed by atoms with van der Waals surface area (Å²) in [6, 6.07) is 0. The summed E-state index contributed by atoms with van der Waals surface area (Å²) in [5.41, 5.74) is 0. The van der Waals surface area contributed by atoms with Crippen LogP contribution in [0.5, 0.6) is 0 Å². The summed E-state index contributed by atoms with van der Waals surface area (Å²) < 4.78 is 7.47. The topological polar surface area (TPSA) is 76.4 Å². The van der Waals surface area contributed by atoms with Crippen molar-refractivity contribution in [2.24, 2.45) is 18.0 Å². The maximum atomic E-state index is 5.73. The number of guanidine groups is 1. The molecule has 7 heteroatoms. The van der Waals surface area contributed by atoms with Crippen LogP contribution in [0.3, 0.4) is 0 Å². The number of hydrogen-bond acceptors (Lipinski definition) is 4. The molecule has 0 amide bonds. The minimum Gasteiger partial charge on any atom is -0.378 e. The van der Waals surface area contributed by atoms with E-state index in [1.165, 1.54) is 0 Å². The van der Waals surface area contributed by atoms with E-state index in [1.54, 1.807) is 18.1 Å². The largest absolute Gasteiger partial charge is 0.378 e. The predicted octanol–water partition coefficient (Wildman–Crippen LogP) is 0.931. The zero-order valence-electron chi connectivity index (χ0n) is 13.8. The summed E-state index contributed by atoms with van der Waals surface area (Å²) in [5.74, 6) is 2.14. The van der Waals surface area contributed by atoms with Gasteiger partial charge in [-0.25, -0.2) is 4.98 Å². The minimum absolute atomic E-state index is 0.277. The van der Waals surface area contributed by atoms with Gasteiger partial charge in [0.1, 0.15) is 12.2 Å². The zero-order valence-corrected chi connectivity index (χ0v) is 13.8. The molecule has 2 N–H and O–H groups in total. The Hall–Kier alpha value is -1.63. The first kappa shape index (κ1) is 17.4. The van der Waals surface area contributed by atoms with Crippen molar-refractivity contribution in [3.05, 3.63) is 12.2 Å². The summed E-state index contributed by atoms with van der Waals surface area (Å²) in [4.78, 5) is 8.37. The third kappa shape index (κ3) is 6.12. The summed E-state index contributed by atoms with van der Waals surface area (Å²) in [6.07, 6.45) is 2.78. The molecular formula is C14H28N6O. The Kier molecular flexibility index (Phi) is 7.74. The number of rotatable bonds is 8. The van der Waals surface area contributed by atoms with E-state index in [0.29, 0.717) is 12.5 Å². The van der Waals surface area contributed by atoms with Gasteiger partial charge in [0.05, 0.1) is 12.6 Å². The molecule has 0 bridgehead atoms. The van der Waals surface area contributed by atoms with E-state index in [9.17, 15) is 0 Å². The van der Waals surface area contributed by atoms with E-state index >= 15 is 0 Å². The zero-order chi connectivity index (χ0) is 15.7. The van der Waals surface area contributed by atoms with Gasteiger partial charge in [-0.2, -0.15) is 5.10 Å². The van der Waals surface area contributed by atoms with Crippen LogP contribution in [0.2, 0.25) is 0 Å². The van der Waals surface area contributed by atoms with Crippen molar-refractivity contribution in [2.75, 3.05) is 20.2 Å². The molecule has 1 rings (SSSR count). The molecule has 0 radical (unpaired) electrons. The standard InChI is InChI=1S/C14H28N6O/c1-6-21-12(11(2)3)7-8-16-14(15-4)17-9-13-18-10-19-20(13)5/h10-12H,6-9H2,1-5H3,(H2,15,16,17). The Labute approximate surface area is 127 Å². The molecule has 21 heavy (non-hydrogen) atoms. The van der Waals surface area contributed by atoms with Crippen LogP contribution in [0.1, 0.15) is 33.0 Å². The molecule has 0 aliphatic heterocycles. The quantitative estimate of drug-likeness (QED) is 0.551. The van der Waals surface area contributed by atoms with Crippen LogP contribution in [0.25, 0.3) is 0 Å². The van der Waals surface area contributed by atoms with Crippen molar-refractivity contribution in [3.8, 4) is 0 Å². The van der Waals surface area contributed by atoms with E-state index in [1.807, 2.05) is 14.0 Å². The van der Waals surface area contributed by atoms with E-state index in [-0.39, 0.29) is 6.10 Å². The van der Waals surface area contributed by atoms with Crippen LogP contribution >= 0.6 is 0 Å². The Morgan fingerprint density at radius 2 is 2.19 bits per heavy atom. The van der Waals surface area contributed by atoms with Gasteiger partial charge in [-0.3, -0.25) is 9.67 Å². The van der Waals surface area contributed by atoms with Gasteiger partial charge in [0, 0.05) is 27.2 Å². The number of aliphatic imine (C=N–C) groups is 1. The predicted molar refractivity (Wildman–Crippen MR) is 84.1 cm³/mol. The SMILES string of the molecule is CCOC(CCNC(=NC)NCc1ncnn1C)C(C)C. The summed E-state index contributed by atoms with van der Waals surface area (Å²) in [6.45, 7) is 8.56. The highest BCUT2D eigenvalue weighted by Crippen LogP contribution is 2.09. The van der Waals surface area contributed by atoms with Crippen molar-refractivity contribution in [2.45, 2.75) is 39.8 Å². The van der Waals surface area contributed by atoms with Crippen molar-refractivity contribution in [1.29, 1.82) is 0 Å². The third-order valence-electron chi connectivity index (χ3n) is 3.29. The van der Waals surface area contributed by atoms with Gasteiger partial charge in [-0.05, 0) is 19.3 Å². The summed E-state index contributed by atoms with van der Waals surface area (Å²) in [7, 11) is 3.63. The van der Waals surface area contributed by atoms with Crippen LogP contribution < -0.4 is 10.6 Å². The second-order valence-corrected chi connectivity index (χ2v) is 5.18. The van der Waals surface area contributed by atoms with Crippen LogP contribution in [0, 0.1) is 5.92 Å². The molecule has 1 heterocycles. The van der Waals surface area contributed by atoms with Crippen molar-refractivity contribution < 1.29 is 4.74 Å². The monoisotopic (exact) mass is 296 g/mol. The lowest BCUT2D eigenvalue weighted by Crippen LogP contribution is -2.39. The van der Waals surface area contributed by atoms with E-state index in [0.717, 1.165) is 31.4 Å². The molecule has 1 atom stereocenters. The van der Waals surface area contributed by atoms with Crippen molar-refractivity contribution >= 4 is 5.96 Å². The second-order valence-electron chi connectivity index (χ2n) is 5.18. The molecular weight excluding hydrogens is 268 g/mol. The first-order chi connectivity index (χ1) is 10.1. The number of aromatic nitrogens is 3. The summed E-state index contributed by atoms with van der Waals surface area (Å²) in [5, 5.41) is 10.6. The maximum Gasteiger partial charge on any atom is 0.191 e. The van der Waals surface area contributed by atoms with Crippen LogP contribution in [-0.2, 0) is 18.3 Å². The normalized spacial score (nSPS) is 13.5. The van der Waals surface area contributed by atoms with E-state index in [4.69, 9.17) is 4.74 Å². The Balaban J connectivity index is 2.33. The van der Waals surface area contributed by atoms with E-state index < -0.39 is 0 Å². The van der Waals surface area contributed by atoms with Gasteiger partial charge >= 0.3 is 0 Å². The molecule has 0 fully saturated rings. The molecule has 0 aliphatic rings. The first-order valence-corrected chi connectivity index (χ1v) is 7.47. The average Bonchev–Trinajstić information content (AvgIpc) is 2.86. The third-order valence-corrected chi connectivity index (χ3v) is 3.29.